The largest absolute Gasteiger partial charge is 0.469 e. The number of ketones is 1. The summed E-state index contributed by atoms with van der Waals surface area (Å²) in [6.45, 7) is 6.20. The van der Waals surface area contributed by atoms with E-state index < -0.39 is 0 Å². The van der Waals surface area contributed by atoms with Crippen LogP contribution < -0.4 is 0 Å². The van der Waals surface area contributed by atoms with Crippen molar-refractivity contribution in [3.63, 3.8) is 0 Å². The Hall–Kier alpha value is -2.31. The summed E-state index contributed by atoms with van der Waals surface area (Å²) in [7, 11) is 0. The number of thioether (sulfide) groups is 1. The van der Waals surface area contributed by atoms with Crippen LogP contribution in [0.5, 0.6) is 0 Å². The minimum absolute atomic E-state index is 0.0101. The first-order valence-electron chi connectivity index (χ1n) is 7.60. The zero-order valence-electron chi connectivity index (χ0n) is 13.6. The van der Waals surface area contributed by atoms with E-state index in [1.165, 1.54) is 11.8 Å². The summed E-state index contributed by atoms with van der Waals surface area (Å²) in [5, 5.41) is 9.75. The molecule has 0 aliphatic heterocycles. The smallest absolute Gasteiger partial charge is 0.192 e. The van der Waals surface area contributed by atoms with Gasteiger partial charge in [-0.1, -0.05) is 29.4 Å². The van der Waals surface area contributed by atoms with E-state index in [4.69, 9.17) is 16.0 Å². The average molecular weight is 374 g/mol. The highest BCUT2D eigenvalue weighted by atomic mass is 35.5. The predicted octanol–water partition coefficient (Wildman–Crippen LogP) is 4.66. The summed E-state index contributed by atoms with van der Waals surface area (Å²) >= 11 is 7.20. The number of aryl methyl sites for hydroxylation is 1. The molecular formula is C18H16ClN3O2S. The number of rotatable bonds is 7. The summed E-state index contributed by atoms with van der Waals surface area (Å²) in [6, 6.07) is 8.71. The number of nitrogens with zero attached hydrogens (tertiary/aromatic N) is 3. The van der Waals surface area contributed by atoms with E-state index in [9.17, 15) is 4.79 Å². The van der Waals surface area contributed by atoms with E-state index in [1.54, 1.807) is 36.6 Å². The van der Waals surface area contributed by atoms with Crippen LogP contribution in [0.15, 0.2) is 58.8 Å². The summed E-state index contributed by atoms with van der Waals surface area (Å²) in [6.07, 6.45) is 3.39. The molecule has 0 atom stereocenters. The van der Waals surface area contributed by atoms with E-state index >= 15 is 0 Å². The zero-order valence-corrected chi connectivity index (χ0v) is 15.2. The first kappa shape index (κ1) is 17.5. The molecule has 3 rings (SSSR count). The van der Waals surface area contributed by atoms with Gasteiger partial charge in [0.2, 0.25) is 0 Å². The number of carbonyl (C=O) groups is 1. The van der Waals surface area contributed by atoms with Gasteiger partial charge < -0.3 is 4.42 Å². The van der Waals surface area contributed by atoms with E-state index in [0.717, 1.165) is 11.3 Å². The third kappa shape index (κ3) is 3.86. The molecule has 0 spiro atoms. The molecule has 0 amide bonds. The van der Waals surface area contributed by atoms with Gasteiger partial charge in [-0.2, -0.15) is 0 Å². The van der Waals surface area contributed by atoms with Gasteiger partial charge in [0.15, 0.2) is 16.8 Å². The van der Waals surface area contributed by atoms with Crippen LogP contribution >= 0.6 is 23.4 Å². The molecule has 0 aliphatic carbocycles. The van der Waals surface area contributed by atoms with E-state index in [0.29, 0.717) is 28.1 Å². The maximum absolute atomic E-state index is 12.3. The molecule has 5 nitrogen and oxygen atoms in total. The fourth-order valence-electron chi connectivity index (χ4n) is 2.35. The lowest BCUT2D eigenvalue weighted by molar-refractivity contribution is 0.102. The number of Topliss-reactive ketones (excluding diaryl/α,β-unsaturated/α-hetero) is 1. The number of aromatic nitrogens is 3. The van der Waals surface area contributed by atoms with Gasteiger partial charge in [-0.15, -0.1) is 16.8 Å². The van der Waals surface area contributed by atoms with Crippen LogP contribution in [0.2, 0.25) is 5.02 Å². The molecule has 0 bridgehead atoms. The number of hydrogen-bond donors (Lipinski definition) is 0. The molecule has 2 aromatic heterocycles. The Balaban J connectivity index is 1.79. The highest BCUT2D eigenvalue weighted by Crippen LogP contribution is 2.27. The second-order valence-corrected chi connectivity index (χ2v) is 6.69. The molecule has 2 heterocycles. The minimum Gasteiger partial charge on any atom is -0.469 e. The van der Waals surface area contributed by atoms with E-state index in [-0.39, 0.29) is 11.5 Å². The van der Waals surface area contributed by atoms with Crippen LogP contribution in [0.3, 0.4) is 0 Å². The van der Waals surface area contributed by atoms with Gasteiger partial charge in [0, 0.05) is 17.1 Å². The van der Waals surface area contributed by atoms with Crippen molar-refractivity contribution in [2.24, 2.45) is 0 Å². The predicted molar refractivity (Wildman–Crippen MR) is 99.2 cm³/mol. The van der Waals surface area contributed by atoms with Gasteiger partial charge in [0.1, 0.15) is 5.76 Å². The SMILES string of the molecule is C=CCn1c(SCC(=O)c2ccc(Cl)cc2)nnc1-c1ccoc1C. The molecule has 0 saturated carbocycles. The maximum atomic E-state index is 12.3. The van der Waals surface area contributed by atoms with Gasteiger partial charge in [-0.25, -0.2) is 0 Å². The molecule has 0 aliphatic rings. The van der Waals surface area contributed by atoms with Crippen LogP contribution in [0.4, 0.5) is 0 Å². The van der Waals surface area contributed by atoms with Crippen molar-refractivity contribution in [2.45, 2.75) is 18.6 Å². The third-order valence-corrected chi connectivity index (χ3v) is 4.85. The van der Waals surface area contributed by atoms with Crippen molar-refractivity contribution >= 4 is 29.1 Å². The Labute approximate surface area is 154 Å². The molecule has 0 saturated heterocycles. The second kappa shape index (κ2) is 7.72. The van der Waals surface area contributed by atoms with Gasteiger partial charge >= 0.3 is 0 Å². The lowest BCUT2D eigenvalue weighted by Gasteiger charge is -2.07. The second-order valence-electron chi connectivity index (χ2n) is 5.31. The van der Waals surface area contributed by atoms with Gasteiger partial charge in [0.25, 0.3) is 0 Å². The molecule has 0 fully saturated rings. The summed E-state index contributed by atoms with van der Waals surface area (Å²) in [5.74, 6) is 1.75. The number of benzene rings is 1. The fraction of sp³-hybridized carbons (Fsp3) is 0.167. The van der Waals surface area contributed by atoms with Gasteiger partial charge in [0.05, 0.1) is 17.6 Å². The molecule has 1 aromatic carbocycles. The van der Waals surface area contributed by atoms with Gasteiger partial charge in [-0.3, -0.25) is 9.36 Å². The number of carbonyl (C=O) groups excluding carboxylic acids is 1. The van der Waals surface area contributed by atoms with Crippen molar-refractivity contribution in [3.05, 3.63) is 65.6 Å². The Bertz CT molecular complexity index is 899. The normalized spacial score (nSPS) is 10.8. The first-order chi connectivity index (χ1) is 12.1. The summed E-state index contributed by atoms with van der Waals surface area (Å²) < 4.78 is 7.27. The highest BCUT2D eigenvalue weighted by molar-refractivity contribution is 7.99. The molecule has 0 unspecified atom stereocenters. The van der Waals surface area contributed by atoms with Crippen molar-refractivity contribution in [1.82, 2.24) is 14.8 Å². The van der Waals surface area contributed by atoms with Crippen LogP contribution in [0, 0.1) is 6.92 Å². The summed E-state index contributed by atoms with van der Waals surface area (Å²) in [4.78, 5) is 12.3. The number of furan rings is 1. The Morgan fingerprint density at radius 3 is 2.72 bits per heavy atom. The molecule has 0 radical (unpaired) electrons. The van der Waals surface area contributed by atoms with Crippen molar-refractivity contribution < 1.29 is 9.21 Å². The van der Waals surface area contributed by atoms with Crippen molar-refractivity contribution in [1.29, 1.82) is 0 Å². The Kier molecular flexibility index (Phi) is 5.40. The first-order valence-corrected chi connectivity index (χ1v) is 8.96. The molecule has 3 aromatic rings. The molecule has 25 heavy (non-hydrogen) atoms. The number of hydrogen-bond acceptors (Lipinski definition) is 5. The summed E-state index contributed by atoms with van der Waals surface area (Å²) in [5.41, 5.74) is 1.50. The Morgan fingerprint density at radius 1 is 1.32 bits per heavy atom. The minimum atomic E-state index is 0.0101. The zero-order chi connectivity index (χ0) is 17.8. The average Bonchev–Trinajstić information content (AvgIpc) is 3.19. The molecular weight excluding hydrogens is 358 g/mol. The van der Waals surface area contributed by atoms with Crippen LogP contribution in [0.25, 0.3) is 11.4 Å². The van der Waals surface area contributed by atoms with Crippen LogP contribution in [-0.4, -0.2) is 26.3 Å². The Morgan fingerprint density at radius 2 is 2.08 bits per heavy atom. The van der Waals surface area contributed by atoms with Crippen LogP contribution in [-0.2, 0) is 6.54 Å². The topological polar surface area (TPSA) is 60.9 Å². The van der Waals surface area contributed by atoms with Crippen LogP contribution in [0.1, 0.15) is 16.1 Å². The third-order valence-electron chi connectivity index (χ3n) is 3.63. The fourth-order valence-corrected chi connectivity index (χ4v) is 3.32. The molecule has 0 N–H and O–H groups in total. The maximum Gasteiger partial charge on any atom is 0.192 e. The van der Waals surface area contributed by atoms with Crippen molar-refractivity contribution in [2.75, 3.05) is 5.75 Å². The lowest BCUT2D eigenvalue weighted by atomic mass is 10.1. The monoisotopic (exact) mass is 373 g/mol. The van der Waals surface area contributed by atoms with E-state index in [1.807, 2.05) is 17.6 Å². The van der Waals surface area contributed by atoms with Gasteiger partial charge in [-0.05, 0) is 37.3 Å². The highest BCUT2D eigenvalue weighted by Gasteiger charge is 2.18. The van der Waals surface area contributed by atoms with Crippen molar-refractivity contribution in [3.8, 4) is 11.4 Å². The molecule has 128 valence electrons. The number of allylic oxidation sites excluding steroid dienone is 1. The quantitative estimate of drug-likeness (QED) is 0.342. The lowest BCUT2D eigenvalue weighted by Crippen LogP contribution is -2.05. The molecule has 7 heteroatoms. The standard InChI is InChI=1S/C18H16ClN3O2S/c1-3-9-22-17(15-8-10-24-12(15)2)20-21-18(22)25-11-16(23)13-4-6-14(19)7-5-13/h3-8,10H,1,9,11H2,2H3. The van der Waals surface area contributed by atoms with E-state index in [2.05, 4.69) is 16.8 Å². The number of halogens is 1.